The third-order valence-corrected chi connectivity index (χ3v) is 12.8. The number of carboxylic acid groups (broad SMARTS) is 2. The average molecular weight is 929 g/mol. The number of hydrogen-bond donors (Lipinski definition) is 6. The van der Waals surface area contributed by atoms with Gasteiger partial charge in [-0.2, -0.15) is 0 Å². The van der Waals surface area contributed by atoms with Gasteiger partial charge in [0, 0.05) is 29.6 Å². The number of amides is 6. The lowest BCUT2D eigenvalue weighted by atomic mass is 9.70. The number of unbranched alkanes of at least 4 members (excludes halogenated alkanes) is 2. The number of likely N-dealkylation sites (tertiary alicyclic amines) is 2. The molecule has 7 rings (SSSR count). The van der Waals surface area contributed by atoms with Crippen LogP contribution in [-0.4, -0.2) is 92.8 Å². The number of halogens is 4. The molecular formula is C49H52F4N6O8. The average Bonchev–Trinajstić information content (AvgIpc) is 3.91. The van der Waals surface area contributed by atoms with E-state index < -0.39 is 103 Å². The van der Waals surface area contributed by atoms with Crippen LogP contribution in [0.2, 0.25) is 0 Å². The van der Waals surface area contributed by atoms with Crippen LogP contribution in [0.4, 0.5) is 38.5 Å². The summed E-state index contributed by atoms with van der Waals surface area (Å²) in [6.07, 6.45) is -0.688. The Balaban J connectivity index is 1.17. The maximum Gasteiger partial charge on any atom is 0.405 e. The summed E-state index contributed by atoms with van der Waals surface area (Å²) in [5.41, 5.74) is 3.56. The lowest BCUT2D eigenvalue weighted by Crippen LogP contribution is -2.48. The molecule has 2 saturated heterocycles. The zero-order valence-corrected chi connectivity index (χ0v) is 36.9. The van der Waals surface area contributed by atoms with Gasteiger partial charge < -0.3 is 41.3 Å². The van der Waals surface area contributed by atoms with Crippen LogP contribution in [0.15, 0.2) is 97.1 Å². The number of carbonyl (C=O) groups is 6. The maximum atomic E-state index is 15.1. The minimum atomic E-state index is -3.45. The number of carbonyl (C=O) groups excluding carboxylic acids is 4. The fraction of sp³-hybridized carbons (Fsp3) is 0.388. The highest BCUT2D eigenvalue weighted by Crippen LogP contribution is 2.55. The summed E-state index contributed by atoms with van der Waals surface area (Å²) in [6, 6.07) is 19.5. The van der Waals surface area contributed by atoms with E-state index >= 15 is 17.6 Å². The predicted octanol–water partition coefficient (Wildman–Crippen LogP) is 8.70. The molecule has 67 heavy (non-hydrogen) atoms. The molecule has 2 fully saturated rings. The molecule has 3 aliphatic rings. The summed E-state index contributed by atoms with van der Waals surface area (Å²) < 4.78 is 60.5. The van der Waals surface area contributed by atoms with Crippen LogP contribution in [-0.2, 0) is 24.6 Å². The first kappa shape index (κ1) is 48.0. The Bertz CT molecular complexity index is 2360. The summed E-state index contributed by atoms with van der Waals surface area (Å²) in [4.78, 5) is 80.6. The summed E-state index contributed by atoms with van der Waals surface area (Å²) in [6.45, 7) is 1.87. The number of rotatable bonds is 16. The second kappa shape index (κ2) is 19.5. The number of nitrogens with zero attached hydrogens (tertiary/aromatic N) is 2. The molecule has 1 aliphatic carbocycles. The van der Waals surface area contributed by atoms with Crippen LogP contribution in [0.25, 0.3) is 11.1 Å². The second-order valence-electron chi connectivity index (χ2n) is 17.5. The molecule has 2 unspecified atom stereocenters. The summed E-state index contributed by atoms with van der Waals surface area (Å²) in [5.74, 6) is -10.7. The van der Waals surface area contributed by atoms with E-state index in [2.05, 4.69) is 21.3 Å². The van der Waals surface area contributed by atoms with Gasteiger partial charge in [-0.15, -0.1) is 0 Å². The number of fused-ring (bicyclic) bond motifs is 3. The van der Waals surface area contributed by atoms with E-state index in [1.165, 1.54) is 24.3 Å². The third kappa shape index (κ3) is 10.2. The third-order valence-electron chi connectivity index (χ3n) is 12.8. The van der Waals surface area contributed by atoms with Crippen LogP contribution < -0.4 is 21.3 Å². The molecule has 354 valence electrons. The monoisotopic (exact) mass is 928 g/mol. The van der Waals surface area contributed by atoms with Crippen molar-refractivity contribution in [1.29, 1.82) is 0 Å². The molecule has 6 amide bonds. The van der Waals surface area contributed by atoms with E-state index in [1.807, 2.05) is 13.8 Å². The summed E-state index contributed by atoms with van der Waals surface area (Å²) >= 11 is 0. The van der Waals surface area contributed by atoms with Crippen LogP contribution in [0.5, 0.6) is 0 Å². The van der Waals surface area contributed by atoms with Crippen LogP contribution in [0, 0.1) is 0 Å². The molecule has 0 saturated carbocycles. The van der Waals surface area contributed by atoms with Gasteiger partial charge in [0.25, 0.3) is 23.7 Å². The van der Waals surface area contributed by atoms with Crippen molar-refractivity contribution >= 4 is 47.2 Å². The molecule has 2 heterocycles. The fourth-order valence-electron chi connectivity index (χ4n) is 9.73. The zero-order chi connectivity index (χ0) is 48.3. The highest BCUT2D eigenvalue weighted by molar-refractivity contribution is 6.01. The van der Waals surface area contributed by atoms with E-state index in [9.17, 15) is 39.0 Å². The summed E-state index contributed by atoms with van der Waals surface area (Å²) in [7, 11) is 0. The van der Waals surface area contributed by atoms with Crippen molar-refractivity contribution in [1.82, 2.24) is 20.4 Å². The van der Waals surface area contributed by atoms with Crippen LogP contribution in [0.3, 0.4) is 0 Å². The lowest BCUT2D eigenvalue weighted by Gasteiger charge is -2.33. The largest absolute Gasteiger partial charge is 0.465 e. The standard InChI is InChI=1S/C49H52F4N6O8/c1-3-5-21-47(22-6-4-2)35-23-31(54-41(60)37-25-48(50,51)27-58(37)43(62)39(56-45(64)65)29-13-9-7-10-14-29)17-19-33(35)34-20-18-32(24-36(34)47)55-42(61)38-26-49(52,53)28-59(38)44(63)40(57-46(66)67)30-15-11-8-12-16-30/h7-20,23-24,37-40,56-57H,3-6,21-22,25-28H2,1-2H3,(H,54,60)(H,55,61)(H,64,65)(H,66,67)/t37-,38-,39?,40?/m0/s1. The Hall–Kier alpha value is -6.98. The molecule has 2 aliphatic heterocycles. The van der Waals surface area contributed by atoms with E-state index in [-0.39, 0.29) is 22.5 Å². The maximum absolute atomic E-state index is 15.1. The van der Waals surface area contributed by atoms with Gasteiger partial charge in [-0.3, -0.25) is 19.2 Å². The van der Waals surface area contributed by atoms with Gasteiger partial charge in [-0.25, -0.2) is 27.2 Å². The number of anilines is 2. The molecule has 4 aromatic carbocycles. The van der Waals surface area contributed by atoms with Gasteiger partial charge in [-0.1, -0.05) is 112 Å². The molecule has 4 aromatic rings. The van der Waals surface area contributed by atoms with Crippen molar-refractivity contribution < 1.29 is 56.5 Å². The van der Waals surface area contributed by atoms with Crippen molar-refractivity contribution in [3.8, 4) is 11.1 Å². The lowest BCUT2D eigenvalue weighted by molar-refractivity contribution is -0.139. The normalized spacial score (nSPS) is 19.4. The van der Waals surface area contributed by atoms with E-state index in [0.717, 1.165) is 47.9 Å². The zero-order valence-electron chi connectivity index (χ0n) is 36.9. The van der Waals surface area contributed by atoms with Gasteiger partial charge in [0.05, 0.1) is 13.1 Å². The molecule has 0 aromatic heterocycles. The Morgan fingerprint density at radius 2 is 0.970 bits per heavy atom. The van der Waals surface area contributed by atoms with Crippen molar-refractivity contribution in [2.45, 2.75) is 107 Å². The molecule has 4 atom stereocenters. The smallest absolute Gasteiger partial charge is 0.405 e. The van der Waals surface area contributed by atoms with Gasteiger partial charge in [0.15, 0.2) is 0 Å². The number of hydrogen-bond acceptors (Lipinski definition) is 6. The molecule has 0 bridgehead atoms. The second-order valence-corrected chi connectivity index (χ2v) is 17.5. The molecule has 0 spiro atoms. The van der Waals surface area contributed by atoms with Crippen molar-refractivity contribution in [3.63, 3.8) is 0 Å². The van der Waals surface area contributed by atoms with Gasteiger partial charge in [-0.05, 0) is 70.5 Å². The van der Waals surface area contributed by atoms with Crippen LogP contribution >= 0.6 is 0 Å². The van der Waals surface area contributed by atoms with Crippen molar-refractivity contribution in [2.24, 2.45) is 0 Å². The Labute approximate surface area is 384 Å². The Morgan fingerprint density at radius 1 is 0.597 bits per heavy atom. The van der Waals surface area contributed by atoms with Crippen molar-refractivity contribution in [3.05, 3.63) is 119 Å². The molecule has 6 N–H and O–H groups in total. The molecular weight excluding hydrogens is 877 g/mol. The number of benzene rings is 4. The highest BCUT2D eigenvalue weighted by Gasteiger charge is 2.53. The SMILES string of the molecule is CCCCC1(CCCC)c2cc(NC(=O)[C@@H]3CC(F)(F)CN3C(=O)C(NC(=O)O)c3ccccc3)ccc2-c2ccc(NC(=O)[C@@H]3CC(F)(F)CN3C(=O)C(NC(=O)O)c3ccccc3)cc21. The highest BCUT2D eigenvalue weighted by atomic mass is 19.3. The Morgan fingerprint density at radius 3 is 1.31 bits per heavy atom. The van der Waals surface area contributed by atoms with E-state index in [4.69, 9.17) is 0 Å². The van der Waals surface area contributed by atoms with Gasteiger partial charge >= 0.3 is 12.2 Å². The van der Waals surface area contributed by atoms with E-state index in [1.54, 1.807) is 72.8 Å². The van der Waals surface area contributed by atoms with E-state index in [0.29, 0.717) is 22.6 Å². The van der Waals surface area contributed by atoms with Gasteiger partial charge in [0.1, 0.15) is 24.2 Å². The van der Waals surface area contributed by atoms with Crippen molar-refractivity contribution in [2.75, 3.05) is 23.7 Å². The molecule has 18 heteroatoms. The first-order valence-electron chi connectivity index (χ1n) is 22.2. The molecule has 14 nitrogen and oxygen atoms in total. The quantitative estimate of drug-likeness (QED) is 0.0600. The fourth-order valence-corrected chi connectivity index (χ4v) is 9.73. The minimum absolute atomic E-state index is 0.209. The van der Waals surface area contributed by atoms with Crippen LogP contribution in [0.1, 0.15) is 99.6 Å². The van der Waals surface area contributed by atoms with Gasteiger partial charge in [0.2, 0.25) is 11.8 Å². The number of nitrogens with one attached hydrogen (secondary N) is 4. The Kier molecular flexibility index (Phi) is 13.9. The first-order valence-corrected chi connectivity index (χ1v) is 22.2. The number of alkyl halides is 4. The topological polar surface area (TPSA) is 197 Å². The molecule has 0 radical (unpaired) electrons. The summed E-state index contributed by atoms with van der Waals surface area (Å²) in [5, 5.41) is 28.8. The first-order chi connectivity index (χ1) is 31.9. The minimum Gasteiger partial charge on any atom is -0.465 e. The predicted molar refractivity (Wildman–Crippen MR) is 240 cm³/mol.